The molecule has 2 aliphatic heterocycles. The number of alkyl halides is 1. The van der Waals surface area contributed by atoms with Crippen molar-refractivity contribution in [3.63, 3.8) is 0 Å². The Morgan fingerprint density at radius 3 is 1.81 bits per heavy atom. The lowest BCUT2D eigenvalue weighted by atomic mass is 9.90. The Kier molecular flexibility index (Phi) is 32.7. The number of rotatable bonds is 22. The quantitative estimate of drug-likeness (QED) is 0.0361. The van der Waals surface area contributed by atoms with E-state index in [0.29, 0.717) is 12.8 Å². The van der Waals surface area contributed by atoms with Crippen LogP contribution in [0.15, 0.2) is 11.8 Å². The van der Waals surface area contributed by atoms with Crippen molar-refractivity contribution in [2.45, 2.75) is 231 Å². The molecule has 14 N–H and O–H groups in total. The van der Waals surface area contributed by atoms with Crippen molar-refractivity contribution < 1.29 is 72.5 Å². The number of methoxy groups -OCH3 is 1. The summed E-state index contributed by atoms with van der Waals surface area (Å²) in [4.78, 5) is 168. The molecule has 0 aromatic rings. The van der Waals surface area contributed by atoms with Crippen LogP contribution < -0.4 is 54.0 Å². The lowest BCUT2D eigenvalue weighted by Gasteiger charge is -2.36. The van der Waals surface area contributed by atoms with Gasteiger partial charge in [-0.25, -0.2) is 0 Å². The summed E-state index contributed by atoms with van der Waals surface area (Å²) in [6, 6.07) is -12.0. The molecular weight excluding hydrogens is 1130 g/mol. The van der Waals surface area contributed by atoms with E-state index in [-0.39, 0.29) is 24.8 Å². The van der Waals surface area contributed by atoms with Gasteiger partial charge in [0, 0.05) is 32.5 Å². The zero-order valence-electron chi connectivity index (χ0n) is 51.4. The van der Waals surface area contributed by atoms with Gasteiger partial charge in [-0.15, -0.1) is 11.6 Å². The number of hydrogen-bond donors (Lipinski definition) is 12. The number of nitrogens with one attached hydrogen (secondary N) is 8. The van der Waals surface area contributed by atoms with Crippen LogP contribution in [0.5, 0.6) is 0 Å². The third-order valence-corrected chi connectivity index (χ3v) is 16.0. The maximum Gasteiger partial charge on any atom is 0.268 e. The minimum Gasteiger partial charge on any atom is -0.391 e. The van der Waals surface area contributed by atoms with E-state index in [1.165, 1.54) is 59.8 Å². The Bertz CT molecular complexity index is 2340. The molecular formula is C57H97ClN12O15. The number of hydrogen-bond acceptors (Lipinski definition) is 15. The summed E-state index contributed by atoms with van der Waals surface area (Å²) in [5.41, 5.74) is 10.6. The van der Waals surface area contributed by atoms with Crippen LogP contribution in [-0.2, 0) is 62.3 Å². The van der Waals surface area contributed by atoms with E-state index >= 15 is 0 Å². The maximum atomic E-state index is 14.7. The maximum absolute atomic E-state index is 14.7. The lowest BCUT2D eigenvalue weighted by molar-refractivity contribution is -0.151. The Labute approximate surface area is 504 Å². The van der Waals surface area contributed by atoms with E-state index in [9.17, 15) is 67.7 Å². The number of fused-ring (bicyclic) bond motifs is 1. The first-order valence-corrected chi connectivity index (χ1v) is 30.1. The Morgan fingerprint density at radius 1 is 0.706 bits per heavy atom. The number of nitrogens with zero attached hydrogens (tertiary/aromatic N) is 2. The first kappa shape index (κ1) is 74.6. The molecule has 12 amide bonds. The van der Waals surface area contributed by atoms with Crippen molar-refractivity contribution in [3.8, 4) is 0 Å². The summed E-state index contributed by atoms with van der Waals surface area (Å²) in [6.07, 6.45) is 3.98. The van der Waals surface area contributed by atoms with E-state index in [4.69, 9.17) is 27.8 Å². The predicted molar refractivity (Wildman–Crippen MR) is 315 cm³/mol. The van der Waals surface area contributed by atoms with E-state index in [1.807, 2.05) is 0 Å². The van der Waals surface area contributed by atoms with Gasteiger partial charge in [-0.2, -0.15) is 0 Å². The van der Waals surface area contributed by atoms with Gasteiger partial charge in [0.25, 0.3) is 11.8 Å². The molecule has 0 saturated carbocycles. The number of allylic oxidation sites excluding steroid dienone is 1. The Morgan fingerprint density at radius 2 is 1.27 bits per heavy atom. The van der Waals surface area contributed by atoms with Crippen LogP contribution in [0, 0.1) is 17.8 Å². The number of halogens is 1. The number of ether oxygens (including phenoxy) is 1. The predicted octanol–water partition coefficient (Wildman–Crippen LogP) is -0.743. The number of likely N-dealkylation sites (N-methyl/N-ethyl adjacent to an activating group) is 1. The normalized spacial score (nSPS) is 26.6. The van der Waals surface area contributed by atoms with Crippen LogP contribution in [0.25, 0.3) is 0 Å². The van der Waals surface area contributed by atoms with Gasteiger partial charge in [0.2, 0.25) is 59.1 Å². The molecule has 0 bridgehead atoms. The van der Waals surface area contributed by atoms with Gasteiger partial charge >= 0.3 is 0 Å². The smallest absolute Gasteiger partial charge is 0.268 e. The molecule has 85 heavy (non-hydrogen) atoms. The first-order valence-electron chi connectivity index (χ1n) is 29.7. The molecule has 2 saturated heterocycles. The monoisotopic (exact) mass is 1220 g/mol. The molecule has 0 radical (unpaired) electrons. The van der Waals surface area contributed by atoms with Gasteiger partial charge in [0.15, 0.2) is 6.10 Å². The highest BCUT2D eigenvalue weighted by atomic mass is 35.5. The van der Waals surface area contributed by atoms with Crippen molar-refractivity contribution in [1.29, 1.82) is 0 Å². The Hall–Kier alpha value is -6.45. The van der Waals surface area contributed by atoms with E-state index < -0.39 is 187 Å². The average molecular weight is 1230 g/mol. The zero-order valence-corrected chi connectivity index (χ0v) is 52.1. The molecule has 2 rings (SSSR count). The summed E-state index contributed by atoms with van der Waals surface area (Å²) >= 11 is 6.28. The fourth-order valence-corrected chi connectivity index (χ4v) is 10.2. The number of amides is 12. The summed E-state index contributed by atoms with van der Waals surface area (Å²) in [5.74, 6) is -13.6. The van der Waals surface area contributed by atoms with Crippen molar-refractivity contribution >= 4 is 82.5 Å². The molecule has 13 atom stereocenters. The van der Waals surface area contributed by atoms with Crippen LogP contribution in [0.4, 0.5) is 0 Å². The molecule has 28 heteroatoms. The Balaban J connectivity index is 2.76. The molecule has 27 nitrogen and oxygen atoms in total. The molecule has 0 aliphatic carbocycles. The van der Waals surface area contributed by atoms with Gasteiger partial charge in [0.05, 0.1) is 31.2 Å². The highest BCUT2D eigenvalue weighted by Gasteiger charge is 2.44. The van der Waals surface area contributed by atoms with Gasteiger partial charge in [-0.1, -0.05) is 92.6 Å². The summed E-state index contributed by atoms with van der Waals surface area (Å²) < 4.78 is 5.43. The summed E-state index contributed by atoms with van der Waals surface area (Å²) in [6.45, 7) is 13.1. The molecule has 0 aromatic heterocycles. The van der Waals surface area contributed by atoms with E-state index in [2.05, 4.69) is 49.5 Å². The highest BCUT2D eigenvalue weighted by molar-refractivity contribution is 6.20. The van der Waals surface area contributed by atoms with Gasteiger partial charge in [0.1, 0.15) is 48.0 Å². The van der Waals surface area contributed by atoms with Crippen LogP contribution in [0.2, 0.25) is 0 Å². The van der Waals surface area contributed by atoms with Crippen molar-refractivity contribution in [2.24, 2.45) is 29.2 Å². The third kappa shape index (κ3) is 24.1. The molecule has 2 fully saturated rings. The highest BCUT2D eigenvalue weighted by Crippen LogP contribution is 2.25. The van der Waals surface area contributed by atoms with Crippen molar-refractivity contribution in [3.05, 3.63) is 11.8 Å². The SMILES string of the molecule is C/C=C1/NC(=O)C(C(C)C)NC(=O)C(O)C(C(C)CCCCCCCCCC(Cl)CC)NC(=O)C2CCCN2C(=O)C(CC(N)=O)N(C)C(=O)C(C(C)OC)NC(=O)CNC(=O)C(CCC(N)=O)NC(=O)C(C(C)C)NC(=O)C(C(C)O)NC1=O. The van der Waals surface area contributed by atoms with Crippen LogP contribution in [0.1, 0.15) is 159 Å². The fourth-order valence-electron chi connectivity index (χ4n) is 10.00. The van der Waals surface area contributed by atoms with Crippen LogP contribution in [0.3, 0.4) is 0 Å². The molecule has 0 spiro atoms. The second-order valence-corrected chi connectivity index (χ2v) is 23.6. The second-order valence-electron chi connectivity index (χ2n) is 23.0. The minimum absolute atomic E-state index is 0.0280. The van der Waals surface area contributed by atoms with Crippen molar-refractivity contribution in [1.82, 2.24) is 52.3 Å². The lowest BCUT2D eigenvalue weighted by Crippen LogP contribution is -2.62. The molecule has 2 heterocycles. The van der Waals surface area contributed by atoms with Crippen LogP contribution in [-0.4, -0.2) is 190 Å². The number of aliphatic hydroxyl groups excluding tert-OH is 2. The molecule has 482 valence electrons. The van der Waals surface area contributed by atoms with Crippen LogP contribution >= 0.6 is 11.6 Å². The molecule has 2 aliphatic rings. The number of nitrogens with two attached hydrogens (primary N) is 2. The average Bonchev–Trinajstić information content (AvgIpc) is 3.90. The third-order valence-electron chi connectivity index (χ3n) is 15.5. The standard InChI is InChI=1S/C57H97ClN12O15/c1-12-35(58)23-20-18-16-14-15-17-19-22-32(7)45-48(75)55(82)66-44(31(5)6)52(79)62-36(13-2)50(77)68-46(33(8)71)54(81)65-43(30(3)4)53(80)63-37(25-26-40(59)72)49(76)61-29-42(74)64-47(34(9)85-11)57(84)69(10)39(28-41(60)73)56(83)70-27-21-24-38(70)51(78)67-45/h13,30-35,37-39,43-48,71,75H,12,14-29H2,1-11H3,(H2,59,72)(H2,60,73)(H,61,76)(H,62,79)(H,63,80)(H,64,74)(H,65,81)(H,66,82)(H,67,78)(H,68,77)/b36-13+. The minimum atomic E-state index is -2.00. The topological polar surface area (TPSA) is 409 Å². The zero-order chi connectivity index (χ0) is 64.4. The summed E-state index contributed by atoms with van der Waals surface area (Å²) in [7, 11) is 2.42. The van der Waals surface area contributed by atoms with Gasteiger partial charge < -0.3 is 78.8 Å². The fraction of sp³-hybridized carbons (Fsp3) is 0.754. The van der Waals surface area contributed by atoms with Gasteiger partial charge in [-0.05, 0) is 77.0 Å². The number of carbonyl (C=O) groups is 12. The number of primary amides is 2. The summed E-state index contributed by atoms with van der Waals surface area (Å²) in [5, 5.41) is 42.8. The van der Waals surface area contributed by atoms with Gasteiger partial charge in [-0.3, -0.25) is 57.5 Å². The number of carbonyl (C=O) groups excluding carboxylic acids is 12. The first-order chi connectivity index (χ1) is 39.9. The van der Waals surface area contributed by atoms with E-state index in [0.717, 1.165) is 56.3 Å². The molecule has 13 unspecified atom stereocenters. The van der Waals surface area contributed by atoms with Crippen molar-refractivity contribution in [2.75, 3.05) is 27.2 Å². The molecule has 0 aromatic carbocycles. The van der Waals surface area contributed by atoms with E-state index in [1.54, 1.807) is 20.8 Å². The second kappa shape index (κ2) is 37.2. The largest absolute Gasteiger partial charge is 0.391 e. The number of unbranched alkanes of at least 4 members (excludes halogenated alkanes) is 6. The number of aliphatic hydroxyl groups is 2.